The second kappa shape index (κ2) is 3.40. The van der Waals surface area contributed by atoms with Crippen LogP contribution >= 0.6 is 15.9 Å². The summed E-state index contributed by atoms with van der Waals surface area (Å²) in [5.41, 5.74) is 7.50. The molecule has 3 nitrogen and oxygen atoms in total. The van der Waals surface area contributed by atoms with Crippen molar-refractivity contribution >= 4 is 26.8 Å². The van der Waals surface area contributed by atoms with Gasteiger partial charge in [0.1, 0.15) is 4.60 Å². The van der Waals surface area contributed by atoms with Crippen molar-refractivity contribution in [2.24, 2.45) is 5.73 Å². The van der Waals surface area contributed by atoms with Crippen LogP contribution in [-0.4, -0.2) is 10.2 Å². The average molecular weight is 238 g/mol. The highest BCUT2D eigenvalue weighted by Gasteiger charge is 2.05. The zero-order valence-corrected chi connectivity index (χ0v) is 8.45. The van der Waals surface area contributed by atoms with E-state index in [0.29, 0.717) is 6.54 Å². The predicted molar refractivity (Wildman–Crippen MR) is 55.1 cm³/mol. The Balaban J connectivity index is 2.84. The third kappa shape index (κ3) is 1.43. The maximum atomic E-state index is 5.62. The van der Waals surface area contributed by atoms with Crippen LogP contribution in [0.2, 0.25) is 0 Å². The molecule has 0 aliphatic carbocycles. The van der Waals surface area contributed by atoms with Crippen molar-refractivity contribution in [1.82, 2.24) is 10.2 Å². The minimum Gasteiger partial charge on any atom is -0.326 e. The van der Waals surface area contributed by atoms with E-state index in [4.69, 9.17) is 5.73 Å². The molecule has 0 bridgehead atoms. The van der Waals surface area contributed by atoms with Crippen molar-refractivity contribution in [2.45, 2.75) is 6.54 Å². The lowest BCUT2D eigenvalue weighted by atomic mass is 10.1. The van der Waals surface area contributed by atoms with Crippen molar-refractivity contribution in [2.75, 3.05) is 0 Å². The summed E-state index contributed by atoms with van der Waals surface area (Å²) in [5, 5.41) is 9.06. The van der Waals surface area contributed by atoms with E-state index in [9.17, 15) is 0 Å². The van der Waals surface area contributed by atoms with Crippen LogP contribution in [0.4, 0.5) is 0 Å². The minimum atomic E-state index is 0.469. The summed E-state index contributed by atoms with van der Waals surface area (Å²) in [6.07, 6.45) is 0. The van der Waals surface area contributed by atoms with Gasteiger partial charge in [-0.05, 0) is 22.0 Å². The Kier molecular flexibility index (Phi) is 2.24. The third-order valence-electron chi connectivity index (χ3n) is 1.93. The predicted octanol–water partition coefficient (Wildman–Crippen LogP) is 1.85. The Bertz CT molecular complexity index is 442. The molecule has 0 saturated carbocycles. The van der Waals surface area contributed by atoms with E-state index >= 15 is 0 Å². The molecule has 1 aromatic carbocycles. The molecule has 0 saturated heterocycles. The lowest BCUT2D eigenvalue weighted by Crippen LogP contribution is -2.01. The van der Waals surface area contributed by atoms with Gasteiger partial charge in [-0.15, -0.1) is 10.2 Å². The van der Waals surface area contributed by atoms with E-state index in [-0.39, 0.29) is 0 Å². The molecule has 0 atom stereocenters. The summed E-state index contributed by atoms with van der Waals surface area (Å²) in [7, 11) is 0. The Morgan fingerprint density at radius 1 is 1.23 bits per heavy atom. The highest BCUT2D eigenvalue weighted by atomic mass is 79.9. The molecule has 66 valence electrons. The van der Waals surface area contributed by atoms with Gasteiger partial charge in [0.25, 0.3) is 0 Å². The van der Waals surface area contributed by atoms with Crippen molar-refractivity contribution in [3.05, 3.63) is 34.4 Å². The molecule has 13 heavy (non-hydrogen) atoms. The highest BCUT2D eigenvalue weighted by Crippen LogP contribution is 2.21. The van der Waals surface area contributed by atoms with Crippen LogP contribution in [0, 0.1) is 0 Å². The first-order valence-corrected chi connectivity index (χ1v) is 4.72. The first-order valence-electron chi connectivity index (χ1n) is 3.93. The lowest BCUT2D eigenvalue weighted by molar-refractivity contribution is 0.977. The number of rotatable bonds is 1. The number of hydrogen-bond acceptors (Lipinski definition) is 3. The SMILES string of the molecule is NCc1c(Br)nnc2ccccc12. The van der Waals surface area contributed by atoms with Crippen molar-refractivity contribution in [1.29, 1.82) is 0 Å². The number of benzene rings is 1. The van der Waals surface area contributed by atoms with E-state index in [0.717, 1.165) is 21.1 Å². The van der Waals surface area contributed by atoms with E-state index in [1.165, 1.54) is 0 Å². The Morgan fingerprint density at radius 3 is 2.77 bits per heavy atom. The van der Waals surface area contributed by atoms with Gasteiger partial charge in [0.05, 0.1) is 5.52 Å². The van der Waals surface area contributed by atoms with Gasteiger partial charge in [-0.25, -0.2) is 0 Å². The van der Waals surface area contributed by atoms with Gasteiger partial charge in [0.15, 0.2) is 0 Å². The van der Waals surface area contributed by atoms with Gasteiger partial charge in [-0.1, -0.05) is 18.2 Å². The van der Waals surface area contributed by atoms with Crippen LogP contribution in [-0.2, 0) is 6.54 Å². The van der Waals surface area contributed by atoms with Crippen LogP contribution in [0.15, 0.2) is 28.9 Å². The molecule has 0 spiro atoms. The minimum absolute atomic E-state index is 0.469. The summed E-state index contributed by atoms with van der Waals surface area (Å²) in [6, 6.07) is 7.83. The molecular weight excluding hydrogens is 230 g/mol. The summed E-state index contributed by atoms with van der Waals surface area (Å²) in [5.74, 6) is 0. The highest BCUT2D eigenvalue weighted by molar-refractivity contribution is 9.10. The lowest BCUT2D eigenvalue weighted by Gasteiger charge is -2.03. The zero-order chi connectivity index (χ0) is 9.26. The van der Waals surface area contributed by atoms with Gasteiger partial charge in [-0.2, -0.15) is 0 Å². The number of fused-ring (bicyclic) bond motifs is 1. The first-order chi connectivity index (χ1) is 6.33. The van der Waals surface area contributed by atoms with Crippen molar-refractivity contribution in [3.8, 4) is 0 Å². The average Bonchev–Trinajstić information content (AvgIpc) is 2.18. The summed E-state index contributed by atoms with van der Waals surface area (Å²) in [4.78, 5) is 0. The molecule has 0 fully saturated rings. The maximum Gasteiger partial charge on any atom is 0.133 e. The van der Waals surface area contributed by atoms with Gasteiger partial charge in [-0.3, -0.25) is 0 Å². The fourth-order valence-electron chi connectivity index (χ4n) is 1.28. The molecule has 0 amide bonds. The topological polar surface area (TPSA) is 51.8 Å². The fourth-order valence-corrected chi connectivity index (χ4v) is 1.73. The smallest absolute Gasteiger partial charge is 0.133 e. The van der Waals surface area contributed by atoms with Gasteiger partial charge in [0, 0.05) is 17.5 Å². The molecular formula is C9H8BrN3. The Labute approximate surface area is 84.1 Å². The van der Waals surface area contributed by atoms with Crippen molar-refractivity contribution in [3.63, 3.8) is 0 Å². The summed E-state index contributed by atoms with van der Waals surface area (Å²) < 4.78 is 0.730. The molecule has 2 N–H and O–H groups in total. The normalized spacial score (nSPS) is 10.6. The number of hydrogen-bond donors (Lipinski definition) is 1. The molecule has 2 rings (SSSR count). The number of nitrogens with zero attached hydrogens (tertiary/aromatic N) is 2. The van der Waals surface area contributed by atoms with Crippen LogP contribution in [0.1, 0.15) is 5.56 Å². The molecule has 0 aliphatic heterocycles. The monoisotopic (exact) mass is 237 g/mol. The molecule has 2 aromatic rings. The molecule has 4 heteroatoms. The van der Waals surface area contributed by atoms with Crippen LogP contribution < -0.4 is 5.73 Å². The van der Waals surface area contributed by atoms with Crippen LogP contribution in [0.3, 0.4) is 0 Å². The third-order valence-corrected chi connectivity index (χ3v) is 2.57. The number of halogens is 1. The standard InChI is InChI=1S/C9H8BrN3/c10-9-7(5-11)6-3-1-2-4-8(6)12-13-9/h1-4H,5,11H2. The number of nitrogens with two attached hydrogens (primary N) is 1. The van der Waals surface area contributed by atoms with E-state index in [1.54, 1.807) is 0 Å². The molecule has 1 aromatic heterocycles. The van der Waals surface area contributed by atoms with Gasteiger partial charge >= 0.3 is 0 Å². The molecule has 0 radical (unpaired) electrons. The zero-order valence-electron chi connectivity index (χ0n) is 6.87. The Hall–Kier alpha value is -1.00. The molecule has 0 aliphatic rings. The largest absolute Gasteiger partial charge is 0.326 e. The second-order valence-corrected chi connectivity index (χ2v) is 3.44. The Morgan fingerprint density at radius 2 is 2.00 bits per heavy atom. The van der Waals surface area contributed by atoms with Crippen molar-refractivity contribution < 1.29 is 0 Å². The van der Waals surface area contributed by atoms with Gasteiger partial charge < -0.3 is 5.73 Å². The fraction of sp³-hybridized carbons (Fsp3) is 0.111. The molecule has 0 unspecified atom stereocenters. The summed E-state index contributed by atoms with van der Waals surface area (Å²) in [6.45, 7) is 0.469. The summed E-state index contributed by atoms with van der Waals surface area (Å²) >= 11 is 3.32. The number of aromatic nitrogens is 2. The quantitative estimate of drug-likeness (QED) is 0.824. The second-order valence-electron chi connectivity index (χ2n) is 2.69. The first kappa shape index (κ1) is 8.59. The van der Waals surface area contributed by atoms with E-state index in [1.807, 2.05) is 24.3 Å². The maximum absolute atomic E-state index is 5.62. The van der Waals surface area contributed by atoms with Gasteiger partial charge in [0.2, 0.25) is 0 Å². The van der Waals surface area contributed by atoms with E-state index < -0.39 is 0 Å². The molecule has 1 heterocycles. The van der Waals surface area contributed by atoms with Crippen LogP contribution in [0.25, 0.3) is 10.9 Å². The van der Waals surface area contributed by atoms with E-state index in [2.05, 4.69) is 26.1 Å². The van der Waals surface area contributed by atoms with Crippen LogP contribution in [0.5, 0.6) is 0 Å².